The quantitative estimate of drug-likeness (QED) is 0.626. The Labute approximate surface area is 117 Å². The molecule has 2 atom stereocenters. The third kappa shape index (κ3) is 2.92. The van der Waals surface area contributed by atoms with Crippen LogP contribution in [0.1, 0.15) is 16.9 Å². The van der Waals surface area contributed by atoms with Gasteiger partial charge in [-0.3, -0.25) is 4.79 Å². The van der Waals surface area contributed by atoms with Crippen LogP contribution in [0.2, 0.25) is 0 Å². The number of amides is 1. The van der Waals surface area contributed by atoms with Crippen molar-refractivity contribution in [1.82, 2.24) is 9.29 Å². The molecule has 1 aliphatic rings. The first-order valence-electron chi connectivity index (χ1n) is 6.11. The van der Waals surface area contributed by atoms with Crippen LogP contribution in [0.15, 0.2) is 29.3 Å². The maximum Gasteiger partial charge on any atom is 0.265 e. The molecule has 1 amide bonds. The van der Waals surface area contributed by atoms with E-state index in [-0.39, 0.29) is 29.2 Å². The molecule has 0 aliphatic heterocycles. The number of carbonyl (C=O) groups excluding carboxylic acids is 1. The van der Waals surface area contributed by atoms with Gasteiger partial charge in [-0.1, -0.05) is 12.2 Å². The lowest BCUT2D eigenvalue weighted by atomic mass is 10.1. The van der Waals surface area contributed by atoms with E-state index in [9.17, 15) is 13.2 Å². The SMILES string of the molecule is Cn1cc(S(=O)(=O)N[C@@H]2C=C[C@H](CO)C2)cc1C(N)=O. The van der Waals surface area contributed by atoms with Crippen LogP contribution in [0.3, 0.4) is 0 Å². The third-order valence-corrected chi connectivity index (χ3v) is 4.71. The van der Waals surface area contributed by atoms with Crippen molar-refractivity contribution in [3.05, 3.63) is 30.1 Å². The molecule has 7 nitrogen and oxygen atoms in total. The summed E-state index contributed by atoms with van der Waals surface area (Å²) in [6.07, 6.45) is 5.36. The average molecular weight is 299 g/mol. The zero-order chi connectivity index (χ0) is 14.9. The molecule has 1 aromatic heterocycles. The molecular weight excluding hydrogens is 282 g/mol. The van der Waals surface area contributed by atoms with Gasteiger partial charge in [0.05, 0.1) is 0 Å². The third-order valence-electron chi connectivity index (χ3n) is 3.26. The van der Waals surface area contributed by atoms with Crippen LogP contribution in [0.25, 0.3) is 0 Å². The van der Waals surface area contributed by atoms with E-state index in [1.165, 1.54) is 16.8 Å². The van der Waals surface area contributed by atoms with Gasteiger partial charge in [0, 0.05) is 31.8 Å². The van der Waals surface area contributed by atoms with Crippen molar-refractivity contribution >= 4 is 15.9 Å². The van der Waals surface area contributed by atoms with E-state index < -0.39 is 15.9 Å². The standard InChI is InChI=1S/C12H17N3O4S/c1-15-6-10(5-11(15)12(13)17)20(18,19)14-9-3-2-8(4-9)7-16/h2-3,5-6,8-9,14,16H,4,7H2,1H3,(H2,13,17)/t8-,9+/m0/s1. The highest BCUT2D eigenvalue weighted by Gasteiger charge is 2.25. The molecule has 0 fully saturated rings. The second kappa shape index (κ2) is 5.39. The van der Waals surface area contributed by atoms with Gasteiger partial charge >= 0.3 is 0 Å². The maximum atomic E-state index is 12.2. The summed E-state index contributed by atoms with van der Waals surface area (Å²) in [4.78, 5) is 11.1. The normalized spacial score (nSPS) is 22.3. The summed E-state index contributed by atoms with van der Waals surface area (Å²) in [5.74, 6) is -0.713. The lowest BCUT2D eigenvalue weighted by Crippen LogP contribution is -2.32. The van der Waals surface area contributed by atoms with Gasteiger partial charge in [0.25, 0.3) is 5.91 Å². The summed E-state index contributed by atoms with van der Waals surface area (Å²) >= 11 is 0. The van der Waals surface area contributed by atoms with Crippen LogP contribution in [0, 0.1) is 5.92 Å². The molecule has 8 heteroatoms. The highest BCUT2D eigenvalue weighted by Crippen LogP contribution is 2.20. The molecule has 0 radical (unpaired) electrons. The molecule has 0 unspecified atom stereocenters. The summed E-state index contributed by atoms with van der Waals surface area (Å²) in [5.41, 5.74) is 5.28. The Hall–Kier alpha value is -1.64. The molecule has 1 aliphatic carbocycles. The average Bonchev–Trinajstić information content (AvgIpc) is 2.95. The first-order chi connectivity index (χ1) is 9.33. The number of nitrogens with two attached hydrogens (primary N) is 1. The molecule has 110 valence electrons. The van der Waals surface area contributed by atoms with Gasteiger partial charge in [0.2, 0.25) is 10.0 Å². The summed E-state index contributed by atoms with van der Waals surface area (Å²) in [6.45, 7) is -0.00805. The van der Waals surface area contributed by atoms with Crippen LogP contribution >= 0.6 is 0 Å². The fourth-order valence-corrected chi connectivity index (χ4v) is 3.46. The Morgan fingerprint density at radius 2 is 2.25 bits per heavy atom. The number of hydrogen-bond donors (Lipinski definition) is 3. The summed E-state index contributed by atoms with van der Waals surface area (Å²) < 4.78 is 28.3. The number of hydrogen-bond acceptors (Lipinski definition) is 4. The minimum absolute atomic E-state index is 0.00496. The Bertz CT molecular complexity index is 648. The zero-order valence-electron chi connectivity index (χ0n) is 11.0. The number of carbonyl (C=O) groups is 1. The number of primary amides is 1. The molecular formula is C12H17N3O4S. The fraction of sp³-hybridized carbons (Fsp3) is 0.417. The van der Waals surface area contributed by atoms with E-state index in [0.29, 0.717) is 6.42 Å². The molecule has 0 bridgehead atoms. The van der Waals surface area contributed by atoms with Gasteiger partial charge in [-0.25, -0.2) is 13.1 Å². The first-order valence-corrected chi connectivity index (χ1v) is 7.59. The Morgan fingerprint density at radius 3 is 2.75 bits per heavy atom. The lowest BCUT2D eigenvalue weighted by molar-refractivity contribution is 0.0992. The number of aliphatic hydroxyl groups excluding tert-OH is 1. The molecule has 0 saturated carbocycles. The number of nitrogens with one attached hydrogen (secondary N) is 1. The van der Waals surface area contributed by atoms with Crippen LogP contribution < -0.4 is 10.5 Å². The topological polar surface area (TPSA) is 114 Å². The second-order valence-corrected chi connectivity index (χ2v) is 6.54. The smallest absolute Gasteiger partial charge is 0.265 e. The monoisotopic (exact) mass is 299 g/mol. The summed E-state index contributed by atoms with van der Waals surface area (Å²) in [6, 6.07) is 0.890. The molecule has 0 aromatic carbocycles. The van der Waals surface area contributed by atoms with Crippen LogP contribution in [-0.4, -0.2) is 36.6 Å². The van der Waals surface area contributed by atoms with Crippen molar-refractivity contribution in [1.29, 1.82) is 0 Å². The van der Waals surface area contributed by atoms with Crippen LogP contribution in [0.5, 0.6) is 0 Å². The maximum absolute atomic E-state index is 12.2. The minimum atomic E-state index is -3.72. The van der Waals surface area contributed by atoms with Gasteiger partial charge in [0.15, 0.2) is 0 Å². The summed E-state index contributed by atoms with van der Waals surface area (Å²) in [7, 11) is -2.17. The second-order valence-electron chi connectivity index (χ2n) is 4.83. The predicted octanol–water partition coefficient (Wildman–Crippen LogP) is -0.661. The predicted molar refractivity (Wildman–Crippen MR) is 72.4 cm³/mol. The van der Waals surface area contributed by atoms with E-state index in [2.05, 4.69) is 4.72 Å². The van der Waals surface area contributed by atoms with Crippen molar-refractivity contribution in [2.24, 2.45) is 18.7 Å². The number of nitrogens with zero attached hydrogens (tertiary/aromatic N) is 1. The van der Waals surface area contributed by atoms with E-state index in [0.717, 1.165) is 0 Å². The van der Waals surface area contributed by atoms with Gasteiger partial charge in [-0.15, -0.1) is 0 Å². The molecule has 4 N–H and O–H groups in total. The van der Waals surface area contributed by atoms with Crippen molar-refractivity contribution in [2.75, 3.05) is 6.61 Å². The van der Waals surface area contributed by atoms with Crippen molar-refractivity contribution in [3.8, 4) is 0 Å². The molecule has 2 rings (SSSR count). The van der Waals surface area contributed by atoms with E-state index in [4.69, 9.17) is 10.8 Å². The van der Waals surface area contributed by atoms with E-state index in [1.54, 1.807) is 19.2 Å². The summed E-state index contributed by atoms with van der Waals surface area (Å²) in [5, 5.41) is 9.02. The number of aryl methyl sites for hydroxylation is 1. The van der Waals surface area contributed by atoms with Crippen molar-refractivity contribution in [3.63, 3.8) is 0 Å². The largest absolute Gasteiger partial charge is 0.396 e. The number of sulfonamides is 1. The molecule has 20 heavy (non-hydrogen) atoms. The Kier molecular flexibility index (Phi) is 3.98. The number of aliphatic hydroxyl groups is 1. The van der Waals surface area contributed by atoms with Crippen LogP contribution in [0.4, 0.5) is 0 Å². The molecule has 1 aromatic rings. The number of rotatable bonds is 5. The van der Waals surface area contributed by atoms with E-state index in [1.807, 2.05) is 0 Å². The zero-order valence-corrected chi connectivity index (χ0v) is 11.8. The van der Waals surface area contributed by atoms with Gasteiger partial charge in [-0.2, -0.15) is 0 Å². The highest BCUT2D eigenvalue weighted by molar-refractivity contribution is 7.89. The highest BCUT2D eigenvalue weighted by atomic mass is 32.2. The van der Waals surface area contributed by atoms with Crippen LogP contribution in [-0.2, 0) is 17.1 Å². The Balaban J connectivity index is 2.17. The molecule has 1 heterocycles. The minimum Gasteiger partial charge on any atom is -0.396 e. The first kappa shape index (κ1) is 14.8. The van der Waals surface area contributed by atoms with Gasteiger partial charge in [0.1, 0.15) is 10.6 Å². The lowest BCUT2D eigenvalue weighted by Gasteiger charge is -2.12. The van der Waals surface area contributed by atoms with E-state index >= 15 is 0 Å². The molecule has 0 saturated heterocycles. The molecule has 0 spiro atoms. The number of aromatic nitrogens is 1. The van der Waals surface area contributed by atoms with Gasteiger partial charge < -0.3 is 15.4 Å². The Morgan fingerprint density at radius 1 is 1.55 bits per heavy atom. The fourth-order valence-electron chi connectivity index (χ4n) is 2.19. The van der Waals surface area contributed by atoms with Crippen molar-refractivity contribution < 1.29 is 18.3 Å². The van der Waals surface area contributed by atoms with Crippen molar-refractivity contribution in [2.45, 2.75) is 17.4 Å². The van der Waals surface area contributed by atoms with Gasteiger partial charge in [-0.05, 0) is 12.5 Å².